The number of aliphatic imine (C=N–C) groups is 1. The Kier molecular flexibility index (Phi) is 5.09. The lowest BCUT2D eigenvalue weighted by Crippen LogP contribution is -2.17. The van der Waals surface area contributed by atoms with Crippen LogP contribution in [0.5, 0.6) is 0 Å². The Morgan fingerprint density at radius 2 is 1.76 bits per heavy atom. The third kappa shape index (κ3) is 3.62. The summed E-state index contributed by atoms with van der Waals surface area (Å²) < 4.78 is 2.02. The minimum Gasteiger partial charge on any atom is -0.399 e. The molecule has 1 aliphatic rings. The summed E-state index contributed by atoms with van der Waals surface area (Å²) in [6.45, 7) is 6.13. The van der Waals surface area contributed by atoms with Gasteiger partial charge in [-0.3, -0.25) is 14.4 Å². The third-order valence-corrected chi connectivity index (χ3v) is 7.20. The van der Waals surface area contributed by atoms with Crippen molar-refractivity contribution in [3.8, 4) is 16.1 Å². The van der Waals surface area contributed by atoms with Crippen molar-refractivity contribution in [2.24, 2.45) is 10.7 Å². The molecule has 5 rings (SSSR count). The molecule has 0 radical (unpaired) electrons. The summed E-state index contributed by atoms with van der Waals surface area (Å²) in [6.07, 6.45) is 0.0655. The molecule has 0 spiro atoms. The summed E-state index contributed by atoms with van der Waals surface area (Å²) in [4.78, 5) is 18.1. The monoisotopic (exact) mass is 456 g/mol. The number of nitrogens with zero attached hydrogens (tertiary/aromatic N) is 4. The number of amides is 1. The lowest BCUT2D eigenvalue weighted by molar-refractivity contribution is -0.118. The van der Waals surface area contributed by atoms with Crippen molar-refractivity contribution < 1.29 is 4.79 Å². The molecule has 0 saturated heterocycles. The van der Waals surface area contributed by atoms with Crippen LogP contribution in [0.4, 0.5) is 5.69 Å². The van der Waals surface area contributed by atoms with Crippen molar-refractivity contribution >= 4 is 28.6 Å². The van der Waals surface area contributed by atoms with Crippen molar-refractivity contribution in [1.82, 2.24) is 14.8 Å². The highest BCUT2D eigenvalue weighted by molar-refractivity contribution is 7.15. The van der Waals surface area contributed by atoms with Crippen LogP contribution in [0.2, 0.25) is 0 Å². The van der Waals surface area contributed by atoms with Gasteiger partial charge in [-0.1, -0.05) is 36.4 Å². The summed E-state index contributed by atoms with van der Waals surface area (Å²) >= 11 is 1.68. The molecule has 4 aromatic rings. The Balaban J connectivity index is 1.69. The summed E-state index contributed by atoms with van der Waals surface area (Å²) in [5.41, 5.74) is 18.4. The van der Waals surface area contributed by atoms with Crippen molar-refractivity contribution in [1.29, 1.82) is 0 Å². The van der Waals surface area contributed by atoms with Crippen LogP contribution in [0.15, 0.2) is 53.5 Å². The van der Waals surface area contributed by atoms with Gasteiger partial charge in [0.25, 0.3) is 0 Å². The normalized spacial score (nSPS) is 14.9. The zero-order valence-corrected chi connectivity index (χ0v) is 19.5. The summed E-state index contributed by atoms with van der Waals surface area (Å²) in [5, 5.41) is 9.67. The van der Waals surface area contributed by atoms with Gasteiger partial charge in [0, 0.05) is 21.7 Å². The van der Waals surface area contributed by atoms with Gasteiger partial charge in [0.2, 0.25) is 5.91 Å². The van der Waals surface area contributed by atoms with E-state index in [0.29, 0.717) is 5.82 Å². The predicted molar refractivity (Wildman–Crippen MR) is 132 cm³/mol. The van der Waals surface area contributed by atoms with Gasteiger partial charge < -0.3 is 11.5 Å². The molecule has 0 unspecified atom stereocenters. The predicted octanol–water partition coefficient (Wildman–Crippen LogP) is 4.27. The first-order valence-electron chi connectivity index (χ1n) is 10.7. The highest BCUT2D eigenvalue weighted by Crippen LogP contribution is 2.39. The number of thiophene rings is 1. The van der Waals surface area contributed by atoms with Gasteiger partial charge in [-0.2, -0.15) is 0 Å². The molecule has 0 saturated carbocycles. The standard InChI is InChI=1S/C25H24N6OS/c1-13-14(2)33-25-22(13)23(28-20(12-21(27)32)24-30-29-15(3)31(24)25)17-9-7-16(8-10-17)18-5-4-6-19(26)11-18/h4-11,20H,12,26H2,1-3H3,(H2,27,32)/t20-/m0/s1. The molecule has 166 valence electrons. The fraction of sp³-hybridized carbons (Fsp3) is 0.200. The topological polar surface area (TPSA) is 112 Å². The first-order chi connectivity index (χ1) is 15.8. The highest BCUT2D eigenvalue weighted by atomic mass is 32.1. The molecular weight excluding hydrogens is 432 g/mol. The average molecular weight is 457 g/mol. The quantitative estimate of drug-likeness (QED) is 0.447. The average Bonchev–Trinajstić information content (AvgIpc) is 3.26. The number of hydrogen-bond acceptors (Lipinski definition) is 6. The molecule has 33 heavy (non-hydrogen) atoms. The maximum Gasteiger partial charge on any atom is 0.220 e. The third-order valence-electron chi connectivity index (χ3n) is 6.01. The molecule has 7 nitrogen and oxygen atoms in total. The first kappa shape index (κ1) is 21.1. The molecule has 2 aromatic heterocycles. The van der Waals surface area contributed by atoms with Crippen LogP contribution in [-0.4, -0.2) is 26.4 Å². The van der Waals surface area contributed by atoms with E-state index in [2.05, 4.69) is 48.3 Å². The fourth-order valence-corrected chi connectivity index (χ4v) is 5.47. The number of carbonyl (C=O) groups excluding carboxylic acids is 1. The highest BCUT2D eigenvalue weighted by Gasteiger charge is 2.32. The minimum atomic E-state index is -0.508. The van der Waals surface area contributed by atoms with Gasteiger partial charge in [0.05, 0.1) is 12.1 Å². The second kappa shape index (κ2) is 7.97. The lowest BCUT2D eigenvalue weighted by Gasteiger charge is -2.12. The summed E-state index contributed by atoms with van der Waals surface area (Å²) in [7, 11) is 0. The molecule has 1 atom stereocenters. The van der Waals surface area contributed by atoms with E-state index in [0.717, 1.165) is 50.0 Å². The van der Waals surface area contributed by atoms with Crippen molar-refractivity contribution in [2.75, 3.05) is 5.73 Å². The zero-order valence-electron chi connectivity index (χ0n) is 18.7. The van der Waals surface area contributed by atoms with Gasteiger partial charge >= 0.3 is 0 Å². The number of rotatable bonds is 4. The molecular formula is C25H24N6OS. The number of aromatic nitrogens is 3. The molecule has 1 aliphatic heterocycles. The lowest BCUT2D eigenvalue weighted by atomic mass is 9.97. The van der Waals surface area contributed by atoms with Crippen LogP contribution in [0, 0.1) is 20.8 Å². The van der Waals surface area contributed by atoms with Crippen LogP contribution >= 0.6 is 11.3 Å². The fourth-order valence-electron chi connectivity index (χ4n) is 4.25. The number of benzene rings is 2. The molecule has 2 aromatic carbocycles. The van der Waals surface area contributed by atoms with Gasteiger partial charge in [-0.05, 0) is 49.6 Å². The number of anilines is 1. The van der Waals surface area contributed by atoms with E-state index in [1.165, 1.54) is 4.88 Å². The number of primary amides is 1. The molecule has 0 bridgehead atoms. The number of aryl methyl sites for hydroxylation is 2. The summed E-state index contributed by atoms with van der Waals surface area (Å²) in [5.74, 6) is 0.973. The van der Waals surface area contributed by atoms with E-state index in [4.69, 9.17) is 16.5 Å². The van der Waals surface area contributed by atoms with Gasteiger partial charge in [0.1, 0.15) is 16.9 Å². The van der Waals surface area contributed by atoms with Crippen LogP contribution in [0.1, 0.15) is 45.7 Å². The SMILES string of the molecule is Cc1sc2c(c1C)C(c1ccc(-c3cccc(N)c3)cc1)=N[C@@H](CC(N)=O)c1nnc(C)n1-2. The van der Waals surface area contributed by atoms with Crippen LogP contribution in [-0.2, 0) is 4.79 Å². The number of fused-ring (bicyclic) bond motifs is 3. The zero-order chi connectivity index (χ0) is 23.3. The number of nitrogens with two attached hydrogens (primary N) is 2. The van der Waals surface area contributed by atoms with Gasteiger partial charge in [-0.15, -0.1) is 21.5 Å². The van der Waals surface area contributed by atoms with E-state index in [1.54, 1.807) is 11.3 Å². The van der Waals surface area contributed by atoms with Gasteiger partial charge in [0.15, 0.2) is 5.82 Å². The molecule has 8 heteroatoms. The number of nitrogen functional groups attached to an aromatic ring is 1. The van der Waals surface area contributed by atoms with Crippen LogP contribution in [0.3, 0.4) is 0 Å². The second-order valence-corrected chi connectivity index (χ2v) is 9.47. The van der Waals surface area contributed by atoms with Crippen LogP contribution < -0.4 is 11.5 Å². The largest absolute Gasteiger partial charge is 0.399 e. The van der Waals surface area contributed by atoms with E-state index >= 15 is 0 Å². The van der Waals surface area contributed by atoms with E-state index in [-0.39, 0.29) is 6.42 Å². The molecule has 3 heterocycles. The molecule has 0 fully saturated rings. The van der Waals surface area contributed by atoms with Crippen molar-refractivity contribution in [2.45, 2.75) is 33.2 Å². The number of hydrogen-bond donors (Lipinski definition) is 2. The summed E-state index contributed by atoms with van der Waals surface area (Å²) in [6, 6.07) is 15.6. The Hall–Kier alpha value is -3.78. The maximum atomic E-state index is 11.9. The van der Waals surface area contributed by atoms with Gasteiger partial charge in [-0.25, -0.2) is 0 Å². The Morgan fingerprint density at radius 1 is 1.03 bits per heavy atom. The first-order valence-corrected chi connectivity index (χ1v) is 11.5. The smallest absolute Gasteiger partial charge is 0.220 e. The Morgan fingerprint density at radius 3 is 2.45 bits per heavy atom. The van der Waals surface area contributed by atoms with E-state index in [9.17, 15) is 4.79 Å². The molecule has 0 aliphatic carbocycles. The molecule has 1 amide bonds. The maximum absolute atomic E-state index is 11.9. The molecule has 4 N–H and O–H groups in total. The van der Waals surface area contributed by atoms with Crippen molar-refractivity contribution in [3.05, 3.63) is 81.7 Å². The Bertz CT molecular complexity index is 1410. The minimum absolute atomic E-state index is 0.0655. The van der Waals surface area contributed by atoms with Crippen molar-refractivity contribution in [3.63, 3.8) is 0 Å². The van der Waals surface area contributed by atoms with Crippen LogP contribution in [0.25, 0.3) is 16.1 Å². The van der Waals surface area contributed by atoms with E-state index < -0.39 is 11.9 Å². The van der Waals surface area contributed by atoms with E-state index in [1.807, 2.05) is 35.8 Å². The number of carbonyl (C=O) groups is 1. The second-order valence-electron chi connectivity index (χ2n) is 8.27. The Labute approximate surface area is 195 Å².